The molecule has 2 heterocycles. The van der Waals surface area contributed by atoms with Crippen LogP contribution in [0.2, 0.25) is 0 Å². The number of amides is 1. The highest BCUT2D eigenvalue weighted by atomic mass is 16.2. The lowest BCUT2D eigenvalue weighted by atomic mass is 10.1. The van der Waals surface area contributed by atoms with Gasteiger partial charge in [-0.25, -0.2) is 9.36 Å². The third-order valence-corrected chi connectivity index (χ3v) is 4.71. The zero-order valence-corrected chi connectivity index (χ0v) is 16.7. The summed E-state index contributed by atoms with van der Waals surface area (Å²) in [6, 6.07) is 12.8. The molecule has 0 aliphatic carbocycles. The molecule has 7 nitrogen and oxygen atoms in total. The van der Waals surface area contributed by atoms with Crippen molar-refractivity contribution in [2.45, 2.75) is 40.3 Å². The van der Waals surface area contributed by atoms with Crippen LogP contribution in [0.25, 0.3) is 5.69 Å². The fraction of sp³-hybridized carbons (Fsp3) is 0.333. The number of rotatable bonds is 6. The molecule has 2 aromatic heterocycles. The second-order valence-corrected chi connectivity index (χ2v) is 6.84. The third-order valence-electron chi connectivity index (χ3n) is 4.71. The van der Waals surface area contributed by atoms with E-state index in [1.54, 1.807) is 11.9 Å². The van der Waals surface area contributed by atoms with Gasteiger partial charge in [-0.3, -0.25) is 9.59 Å². The minimum Gasteiger partial charge on any atom is -0.336 e. The van der Waals surface area contributed by atoms with Crippen molar-refractivity contribution < 1.29 is 4.79 Å². The van der Waals surface area contributed by atoms with Crippen LogP contribution in [0.1, 0.15) is 40.8 Å². The lowest BCUT2D eigenvalue weighted by Crippen LogP contribution is -2.31. The summed E-state index contributed by atoms with van der Waals surface area (Å²) >= 11 is 0. The number of para-hydroxylation sites is 1. The molecule has 0 aliphatic rings. The van der Waals surface area contributed by atoms with Crippen LogP contribution in [0, 0.1) is 13.8 Å². The summed E-state index contributed by atoms with van der Waals surface area (Å²) in [5, 5.41) is 8.85. The summed E-state index contributed by atoms with van der Waals surface area (Å²) in [5.41, 5.74) is 3.92. The predicted octanol–water partition coefficient (Wildman–Crippen LogP) is 2.73. The van der Waals surface area contributed by atoms with Crippen molar-refractivity contribution >= 4 is 5.91 Å². The van der Waals surface area contributed by atoms with Gasteiger partial charge in [0.05, 0.1) is 11.4 Å². The van der Waals surface area contributed by atoms with Crippen molar-refractivity contribution in [1.29, 1.82) is 0 Å². The average molecular weight is 379 g/mol. The van der Waals surface area contributed by atoms with Crippen LogP contribution in [-0.4, -0.2) is 37.4 Å². The minimum absolute atomic E-state index is 0.197. The molecule has 1 amide bonds. The van der Waals surface area contributed by atoms with Crippen LogP contribution in [0.15, 0.2) is 47.3 Å². The second-order valence-electron chi connectivity index (χ2n) is 6.84. The Balaban J connectivity index is 1.84. The molecule has 0 atom stereocenters. The molecule has 0 unspecified atom stereocenters. The quantitative estimate of drug-likeness (QED) is 0.660. The van der Waals surface area contributed by atoms with Gasteiger partial charge in [0.1, 0.15) is 5.69 Å². The van der Waals surface area contributed by atoms with Gasteiger partial charge in [-0.05, 0) is 38.5 Å². The zero-order chi connectivity index (χ0) is 20.3. The molecule has 3 aromatic rings. The van der Waals surface area contributed by atoms with E-state index >= 15 is 0 Å². The molecule has 0 aliphatic heterocycles. The number of aromatic nitrogens is 4. The Morgan fingerprint density at radius 2 is 1.79 bits per heavy atom. The Kier molecular flexibility index (Phi) is 5.73. The fourth-order valence-corrected chi connectivity index (χ4v) is 3.16. The van der Waals surface area contributed by atoms with Crippen LogP contribution in [0.3, 0.4) is 0 Å². The Morgan fingerprint density at radius 1 is 1.07 bits per heavy atom. The van der Waals surface area contributed by atoms with Crippen molar-refractivity contribution in [2.24, 2.45) is 0 Å². The monoisotopic (exact) mass is 379 g/mol. The smallest absolute Gasteiger partial charge is 0.274 e. The summed E-state index contributed by atoms with van der Waals surface area (Å²) in [6.45, 7) is 6.81. The van der Waals surface area contributed by atoms with E-state index in [0.717, 1.165) is 29.1 Å². The summed E-state index contributed by atoms with van der Waals surface area (Å²) in [7, 11) is 1.73. The van der Waals surface area contributed by atoms with E-state index < -0.39 is 0 Å². The van der Waals surface area contributed by atoms with Crippen molar-refractivity contribution in [3.63, 3.8) is 0 Å². The molecule has 1 aromatic carbocycles. The van der Waals surface area contributed by atoms with Gasteiger partial charge in [0, 0.05) is 37.5 Å². The first-order valence-corrected chi connectivity index (χ1v) is 9.36. The van der Waals surface area contributed by atoms with E-state index in [-0.39, 0.29) is 17.2 Å². The Morgan fingerprint density at radius 3 is 2.46 bits per heavy atom. The van der Waals surface area contributed by atoms with E-state index in [4.69, 9.17) is 0 Å². The lowest BCUT2D eigenvalue weighted by Gasteiger charge is -2.17. The van der Waals surface area contributed by atoms with E-state index in [2.05, 4.69) is 10.2 Å². The van der Waals surface area contributed by atoms with Gasteiger partial charge in [-0.1, -0.05) is 25.1 Å². The first-order valence-electron chi connectivity index (χ1n) is 9.36. The van der Waals surface area contributed by atoms with Crippen LogP contribution in [-0.2, 0) is 13.1 Å². The third kappa shape index (κ3) is 3.88. The number of carbonyl (C=O) groups excluding carboxylic acids is 1. The van der Waals surface area contributed by atoms with Crippen molar-refractivity contribution in [1.82, 2.24) is 24.5 Å². The molecular weight excluding hydrogens is 354 g/mol. The van der Waals surface area contributed by atoms with Gasteiger partial charge in [0.15, 0.2) is 0 Å². The highest BCUT2D eigenvalue weighted by Crippen LogP contribution is 2.19. The highest BCUT2D eigenvalue weighted by Gasteiger charge is 2.19. The van der Waals surface area contributed by atoms with Gasteiger partial charge in [-0.15, -0.1) is 0 Å². The molecule has 3 rings (SSSR count). The van der Waals surface area contributed by atoms with E-state index in [9.17, 15) is 9.59 Å². The highest BCUT2D eigenvalue weighted by molar-refractivity contribution is 5.91. The molecular formula is C21H25N5O2. The fourth-order valence-electron chi connectivity index (χ4n) is 3.16. The Hall–Kier alpha value is -3.22. The number of hydrogen-bond acceptors (Lipinski definition) is 4. The molecule has 0 radical (unpaired) electrons. The molecule has 0 saturated carbocycles. The van der Waals surface area contributed by atoms with Crippen LogP contribution in [0.4, 0.5) is 0 Å². The lowest BCUT2D eigenvalue weighted by molar-refractivity contribution is 0.0776. The zero-order valence-electron chi connectivity index (χ0n) is 16.7. The summed E-state index contributed by atoms with van der Waals surface area (Å²) in [6.07, 6.45) is 0.775. The standard InChI is InChI=1S/C21H25N5O2/c1-5-13-25-20(27)12-11-19(23-25)21(28)24(4)14-18-15(2)22-26(16(18)3)17-9-7-6-8-10-17/h6-12H,5,13-14H2,1-4H3. The van der Waals surface area contributed by atoms with Gasteiger partial charge in [0.2, 0.25) is 0 Å². The van der Waals surface area contributed by atoms with Gasteiger partial charge in [0.25, 0.3) is 11.5 Å². The number of nitrogens with zero attached hydrogens (tertiary/aromatic N) is 5. The Bertz CT molecular complexity index is 1040. The normalized spacial score (nSPS) is 10.9. The van der Waals surface area contributed by atoms with Crippen molar-refractivity contribution in [2.75, 3.05) is 7.05 Å². The second kappa shape index (κ2) is 8.21. The maximum absolute atomic E-state index is 12.8. The molecule has 146 valence electrons. The first kappa shape index (κ1) is 19.5. The molecule has 7 heteroatoms. The average Bonchev–Trinajstić information content (AvgIpc) is 2.98. The SMILES string of the molecule is CCCn1nc(C(=O)N(C)Cc2c(C)nn(-c3ccccc3)c2C)ccc1=O. The first-order chi connectivity index (χ1) is 13.4. The summed E-state index contributed by atoms with van der Waals surface area (Å²) < 4.78 is 3.23. The van der Waals surface area contributed by atoms with Gasteiger partial charge < -0.3 is 4.90 Å². The van der Waals surface area contributed by atoms with E-state index in [1.165, 1.54) is 16.8 Å². The number of benzene rings is 1. The largest absolute Gasteiger partial charge is 0.336 e. The number of carbonyl (C=O) groups is 1. The molecule has 0 saturated heterocycles. The van der Waals surface area contributed by atoms with Crippen LogP contribution < -0.4 is 5.56 Å². The topological polar surface area (TPSA) is 73.0 Å². The number of aryl methyl sites for hydroxylation is 2. The molecule has 28 heavy (non-hydrogen) atoms. The van der Waals surface area contributed by atoms with E-state index in [0.29, 0.717) is 13.1 Å². The Labute approximate surface area is 164 Å². The van der Waals surface area contributed by atoms with Crippen molar-refractivity contribution in [3.05, 3.63) is 75.5 Å². The summed E-state index contributed by atoms with van der Waals surface area (Å²) in [4.78, 5) is 26.3. The van der Waals surface area contributed by atoms with E-state index in [1.807, 2.05) is 55.8 Å². The van der Waals surface area contributed by atoms with Crippen molar-refractivity contribution in [3.8, 4) is 5.69 Å². The van der Waals surface area contributed by atoms with Gasteiger partial charge >= 0.3 is 0 Å². The maximum Gasteiger partial charge on any atom is 0.274 e. The summed E-state index contributed by atoms with van der Waals surface area (Å²) in [5.74, 6) is -0.226. The maximum atomic E-state index is 12.8. The molecule has 0 fully saturated rings. The molecule has 0 N–H and O–H groups in total. The van der Waals surface area contributed by atoms with Gasteiger partial charge in [-0.2, -0.15) is 10.2 Å². The number of hydrogen-bond donors (Lipinski definition) is 0. The predicted molar refractivity (Wildman–Crippen MR) is 108 cm³/mol. The van der Waals surface area contributed by atoms with Crippen LogP contribution in [0.5, 0.6) is 0 Å². The van der Waals surface area contributed by atoms with Crippen LogP contribution >= 0.6 is 0 Å². The minimum atomic E-state index is -0.226. The molecule has 0 spiro atoms. The molecule has 0 bridgehead atoms.